The quantitative estimate of drug-likeness (QED) is 0.0468. The molecule has 0 aliphatic carbocycles. The zero-order valence-electron chi connectivity index (χ0n) is 27.5. The summed E-state index contributed by atoms with van der Waals surface area (Å²) in [6, 6.07) is 0. The van der Waals surface area contributed by atoms with E-state index in [1.807, 2.05) is 21.1 Å². The maximum atomic E-state index is 12.6. The van der Waals surface area contributed by atoms with E-state index in [1.165, 1.54) is 102 Å². The van der Waals surface area contributed by atoms with E-state index in [4.69, 9.17) is 13.8 Å². The van der Waals surface area contributed by atoms with E-state index in [0.29, 0.717) is 30.7 Å². The number of unbranched alkanes of at least 4 members (excludes halogenated alkanes) is 17. The second kappa shape index (κ2) is 27.6. The van der Waals surface area contributed by atoms with Crippen LogP contribution in [-0.4, -0.2) is 73.9 Å². The molecule has 9 heteroatoms. The van der Waals surface area contributed by atoms with Gasteiger partial charge in [0.25, 0.3) is 0 Å². The van der Waals surface area contributed by atoms with Gasteiger partial charge in [-0.25, -0.2) is 4.57 Å². The molecular formula is C32H67NO6PS+. The molecule has 2 atom stereocenters. The predicted octanol–water partition coefficient (Wildman–Crippen LogP) is 9.31. The molecule has 0 radical (unpaired) electrons. The van der Waals surface area contributed by atoms with Crippen molar-refractivity contribution in [3.05, 3.63) is 0 Å². The summed E-state index contributed by atoms with van der Waals surface area (Å²) in [4.78, 5) is 22.7. The number of hydrogen-bond donors (Lipinski definition) is 1. The van der Waals surface area contributed by atoms with E-state index in [0.717, 1.165) is 32.1 Å². The van der Waals surface area contributed by atoms with Crippen LogP contribution in [0.15, 0.2) is 0 Å². The van der Waals surface area contributed by atoms with Gasteiger partial charge in [0.1, 0.15) is 13.2 Å². The maximum Gasteiger partial charge on any atom is 0.472 e. The van der Waals surface area contributed by atoms with Gasteiger partial charge < -0.3 is 14.1 Å². The first-order valence-corrected chi connectivity index (χ1v) is 19.2. The van der Waals surface area contributed by atoms with Gasteiger partial charge >= 0.3 is 7.82 Å². The Kier molecular flexibility index (Phi) is 27.6. The molecule has 1 N–H and O–H groups in total. The average Bonchev–Trinajstić information content (AvgIpc) is 2.90. The Labute approximate surface area is 258 Å². The zero-order chi connectivity index (χ0) is 30.7. The Balaban J connectivity index is 4.18. The standard InChI is InChI=1S/C32H66NO6PS/c1-6-8-10-12-13-14-15-16-17-18-19-20-22-24-27-37-29-31(41-32(34)25-23-21-11-9-7-2)30-39-40(35,36)38-28-26-33(3,4)5/h31H,6-30H2,1-5H3/p+1/t31-/m1/s1. The van der Waals surface area contributed by atoms with Crippen molar-refractivity contribution >= 4 is 24.7 Å². The minimum Gasteiger partial charge on any atom is -0.380 e. The van der Waals surface area contributed by atoms with Crippen LogP contribution in [0.25, 0.3) is 0 Å². The normalized spacial score (nSPS) is 14.3. The molecule has 0 aromatic rings. The number of quaternary nitrogens is 1. The molecule has 0 saturated heterocycles. The van der Waals surface area contributed by atoms with Crippen molar-refractivity contribution < 1.29 is 32.5 Å². The number of thioether (sulfide) groups is 1. The Morgan fingerprint density at radius 1 is 0.683 bits per heavy atom. The lowest BCUT2D eigenvalue weighted by Crippen LogP contribution is -2.37. The summed E-state index contributed by atoms with van der Waals surface area (Å²) in [5, 5.41) is -0.235. The van der Waals surface area contributed by atoms with Crippen molar-refractivity contribution in [3.63, 3.8) is 0 Å². The van der Waals surface area contributed by atoms with Gasteiger partial charge in [-0.1, -0.05) is 135 Å². The van der Waals surface area contributed by atoms with Crippen LogP contribution in [-0.2, 0) is 23.1 Å². The Morgan fingerprint density at radius 3 is 1.63 bits per heavy atom. The number of phosphoric acid groups is 1. The fraction of sp³-hybridized carbons (Fsp3) is 0.969. The molecule has 0 bridgehead atoms. The van der Waals surface area contributed by atoms with Gasteiger partial charge in [0, 0.05) is 13.0 Å². The van der Waals surface area contributed by atoms with E-state index in [2.05, 4.69) is 13.8 Å². The Morgan fingerprint density at radius 2 is 1.15 bits per heavy atom. The number of hydrogen-bond acceptors (Lipinski definition) is 6. The molecule has 0 heterocycles. The third-order valence-corrected chi connectivity index (χ3v) is 9.23. The molecule has 0 amide bonds. The molecule has 0 rings (SSSR count). The highest BCUT2D eigenvalue weighted by atomic mass is 32.2. The summed E-state index contributed by atoms with van der Waals surface area (Å²) in [5.74, 6) is 0. The summed E-state index contributed by atoms with van der Waals surface area (Å²) in [6.07, 6.45) is 24.4. The minimum atomic E-state index is -4.18. The second-order valence-electron chi connectivity index (χ2n) is 12.6. The topological polar surface area (TPSA) is 82.1 Å². The first kappa shape index (κ1) is 41.0. The number of carbonyl (C=O) groups excluding carboxylic acids is 1. The molecule has 7 nitrogen and oxygen atoms in total. The van der Waals surface area contributed by atoms with Crippen molar-refractivity contribution in [3.8, 4) is 0 Å². The van der Waals surface area contributed by atoms with Crippen molar-refractivity contribution in [2.24, 2.45) is 0 Å². The van der Waals surface area contributed by atoms with Crippen molar-refractivity contribution in [1.82, 2.24) is 0 Å². The molecule has 0 fully saturated rings. The van der Waals surface area contributed by atoms with Crippen LogP contribution in [0.5, 0.6) is 0 Å². The van der Waals surface area contributed by atoms with Crippen molar-refractivity contribution in [1.29, 1.82) is 0 Å². The summed E-state index contributed by atoms with van der Waals surface area (Å²) in [6.45, 7) is 6.07. The number of carbonyl (C=O) groups is 1. The summed E-state index contributed by atoms with van der Waals surface area (Å²) in [7, 11) is 1.79. The molecular weight excluding hydrogens is 557 g/mol. The third kappa shape index (κ3) is 31.3. The van der Waals surface area contributed by atoms with Gasteiger partial charge in [-0.3, -0.25) is 13.8 Å². The molecule has 0 aromatic heterocycles. The van der Waals surface area contributed by atoms with Crippen molar-refractivity contribution in [2.45, 2.75) is 148 Å². The molecule has 0 spiro atoms. The first-order chi connectivity index (χ1) is 19.6. The zero-order valence-corrected chi connectivity index (χ0v) is 29.3. The van der Waals surface area contributed by atoms with E-state index >= 15 is 0 Å². The van der Waals surface area contributed by atoms with Gasteiger partial charge in [0.15, 0.2) is 5.12 Å². The molecule has 41 heavy (non-hydrogen) atoms. The fourth-order valence-corrected chi connectivity index (χ4v) is 6.28. The van der Waals surface area contributed by atoms with Gasteiger partial charge in [-0.2, -0.15) is 0 Å². The van der Waals surface area contributed by atoms with Crippen LogP contribution in [0.4, 0.5) is 0 Å². The van der Waals surface area contributed by atoms with E-state index in [-0.39, 0.29) is 23.6 Å². The molecule has 0 aromatic carbocycles. The van der Waals surface area contributed by atoms with Crippen LogP contribution in [0.1, 0.15) is 142 Å². The highest BCUT2D eigenvalue weighted by Crippen LogP contribution is 2.43. The number of phosphoric ester groups is 1. The molecule has 1 unspecified atom stereocenters. The summed E-state index contributed by atoms with van der Waals surface area (Å²) < 4.78 is 29.3. The van der Waals surface area contributed by atoms with E-state index in [1.54, 1.807) is 0 Å². The Hall–Kier alpha value is 0.0500. The third-order valence-electron chi connectivity index (χ3n) is 7.17. The van der Waals surface area contributed by atoms with E-state index < -0.39 is 7.82 Å². The highest BCUT2D eigenvalue weighted by molar-refractivity contribution is 8.14. The minimum absolute atomic E-state index is 0.0524. The smallest absolute Gasteiger partial charge is 0.380 e. The van der Waals surface area contributed by atoms with Crippen LogP contribution < -0.4 is 0 Å². The average molecular weight is 625 g/mol. The van der Waals surface area contributed by atoms with Crippen LogP contribution in [0.2, 0.25) is 0 Å². The lowest BCUT2D eigenvalue weighted by Gasteiger charge is -2.24. The highest BCUT2D eigenvalue weighted by Gasteiger charge is 2.26. The molecule has 246 valence electrons. The van der Waals surface area contributed by atoms with Crippen LogP contribution >= 0.6 is 19.6 Å². The van der Waals surface area contributed by atoms with E-state index in [9.17, 15) is 14.3 Å². The summed E-state index contributed by atoms with van der Waals surface area (Å²) >= 11 is 1.19. The lowest BCUT2D eigenvalue weighted by atomic mass is 10.0. The monoisotopic (exact) mass is 624 g/mol. The fourth-order valence-electron chi connectivity index (χ4n) is 4.49. The predicted molar refractivity (Wildman–Crippen MR) is 176 cm³/mol. The van der Waals surface area contributed by atoms with Gasteiger partial charge in [-0.05, 0) is 12.8 Å². The number of rotatable bonds is 31. The Bertz CT molecular complexity index is 646. The number of likely N-dealkylation sites (N-methyl/N-ethyl adjacent to an activating group) is 1. The maximum absolute atomic E-state index is 12.6. The van der Waals surface area contributed by atoms with Gasteiger partial charge in [0.2, 0.25) is 0 Å². The largest absolute Gasteiger partial charge is 0.472 e. The molecule has 0 aliphatic heterocycles. The SMILES string of the molecule is CCCCCCCCCCCCCCCCOC[C@H](COP(=O)(O)OCC[N+](C)(C)C)SC(=O)CCCCCCC. The molecule has 0 saturated carbocycles. The number of nitrogens with zero attached hydrogens (tertiary/aromatic N) is 1. The van der Waals surface area contributed by atoms with Gasteiger partial charge in [-0.15, -0.1) is 0 Å². The lowest BCUT2D eigenvalue weighted by molar-refractivity contribution is -0.870. The second-order valence-corrected chi connectivity index (χ2v) is 15.4. The van der Waals surface area contributed by atoms with Gasteiger partial charge in [0.05, 0.1) is 39.6 Å². The number of ether oxygens (including phenoxy) is 1. The van der Waals surface area contributed by atoms with Crippen molar-refractivity contribution in [2.75, 3.05) is 54.1 Å². The van der Waals surface area contributed by atoms with Crippen LogP contribution in [0, 0.1) is 0 Å². The van der Waals surface area contributed by atoms with Crippen LogP contribution in [0.3, 0.4) is 0 Å². The first-order valence-electron chi connectivity index (χ1n) is 16.8. The summed E-state index contributed by atoms with van der Waals surface area (Å²) in [5.41, 5.74) is 0. The molecule has 0 aliphatic rings.